The first-order valence-corrected chi connectivity index (χ1v) is 5.43. The van der Waals surface area contributed by atoms with E-state index in [2.05, 4.69) is 5.32 Å². The van der Waals surface area contributed by atoms with Crippen LogP contribution in [-0.4, -0.2) is 26.2 Å². The summed E-state index contributed by atoms with van der Waals surface area (Å²) in [5.41, 5.74) is 0.790. The molecule has 0 fully saturated rings. The van der Waals surface area contributed by atoms with Crippen molar-refractivity contribution < 1.29 is 13.9 Å². The molecule has 0 bridgehead atoms. The fraction of sp³-hybridized carbons (Fsp3) is 0.308. The minimum absolute atomic E-state index is 0.162. The average molecular weight is 237 g/mol. The third-order valence-corrected chi connectivity index (χ3v) is 2.12. The Bertz CT molecular complexity index is 374. The predicted molar refractivity (Wildman–Crippen MR) is 64.9 cm³/mol. The van der Waals surface area contributed by atoms with Crippen molar-refractivity contribution in [3.05, 3.63) is 41.7 Å². The van der Waals surface area contributed by atoms with Crippen LogP contribution in [0.4, 0.5) is 4.39 Å². The predicted octanol–water partition coefficient (Wildman–Crippen LogP) is 1.99. The highest BCUT2D eigenvalue weighted by atomic mass is 19.1. The number of hydrogen-bond donors (Lipinski definition) is 1. The van der Waals surface area contributed by atoms with Gasteiger partial charge in [0.1, 0.15) is 5.82 Å². The minimum Gasteiger partial charge on any atom is -0.385 e. The molecule has 1 amide bonds. The summed E-state index contributed by atoms with van der Waals surface area (Å²) in [5.74, 6) is -0.448. The van der Waals surface area contributed by atoms with Crippen molar-refractivity contribution >= 4 is 12.0 Å². The molecule has 1 aromatic rings. The Morgan fingerprint density at radius 3 is 2.76 bits per heavy atom. The molecule has 0 heterocycles. The zero-order chi connectivity index (χ0) is 12.5. The topological polar surface area (TPSA) is 38.3 Å². The van der Waals surface area contributed by atoms with Crippen molar-refractivity contribution in [2.75, 3.05) is 20.3 Å². The smallest absolute Gasteiger partial charge is 0.244 e. The summed E-state index contributed by atoms with van der Waals surface area (Å²) >= 11 is 0. The Labute approximate surface area is 100 Å². The highest BCUT2D eigenvalue weighted by Crippen LogP contribution is 2.04. The zero-order valence-electron chi connectivity index (χ0n) is 9.78. The fourth-order valence-corrected chi connectivity index (χ4v) is 1.23. The molecule has 1 rings (SSSR count). The molecule has 3 nitrogen and oxygen atoms in total. The van der Waals surface area contributed by atoms with Crippen LogP contribution in [0.15, 0.2) is 30.3 Å². The van der Waals surface area contributed by atoms with E-state index in [0.717, 1.165) is 12.0 Å². The Hall–Kier alpha value is -1.68. The Morgan fingerprint density at radius 2 is 2.12 bits per heavy atom. The van der Waals surface area contributed by atoms with Gasteiger partial charge in [0.15, 0.2) is 0 Å². The molecule has 0 aliphatic heterocycles. The summed E-state index contributed by atoms with van der Waals surface area (Å²) in [6.07, 6.45) is 3.86. The summed E-state index contributed by atoms with van der Waals surface area (Å²) in [7, 11) is 1.62. The highest BCUT2D eigenvalue weighted by molar-refractivity contribution is 5.91. The van der Waals surface area contributed by atoms with Gasteiger partial charge >= 0.3 is 0 Å². The zero-order valence-corrected chi connectivity index (χ0v) is 9.78. The van der Waals surface area contributed by atoms with Crippen LogP contribution in [0.1, 0.15) is 12.0 Å². The maximum atomic E-state index is 12.6. The van der Waals surface area contributed by atoms with Crippen LogP contribution in [-0.2, 0) is 9.53 Å². The number of rotatable bonds is 6. The van der Waals surface area contributed by atoms with E-state index in [4.69, 9.17) is 4.74 Å². The third-order valence-electron chi connectivity index (χ3n) is 2.12. The van der Waals surface area contributed by atoms with Crippen LogP contribution >= 0.6 is 0 Å². The fourth-order valence-electron chi connectivity index (χ4n) is 1.23. The molecular weight excluding hydrogens is 221 g/mol. The third kappa shape index (κ3) is 5.82. The molecule has 0 aliphatic carbocycles. The Kier molecular flexibility index (Phi) is 5.96. The lowest BCUT2D eigenvalue weighted by atomic mass is 10.2. The number of carbonyl (C=O) groups is 1. The van der Waals surface area contributed by atoms with Crippen LogP contribution in [0, 0.1) is 5.82 Å². The molecule has 4 heteroatoms. The van der Waals surface area contributed by atoms with E-state index in [1.807, 2.05) is 0 Å². The molecule has 0 aromatic heterocycles. The first kappa shape index (κ1) is 13.4. The SMILES string of the molecule is COCCCNC(=O)C=Cc1ccc(F)cc1. The summed E-state index contributed by atoms with van der Waals surface area (Å²) in [6.45, 7) is 1.21. The second-order valence-corrected chi connectivity index (χ2v) is 3.52. The van der Waals surface area contributed by atoms with E-state index in [1.54, 1.807) is 25.3 Å². The van der Waals surface area contributed by atoms with E-state index < -0.39 is 0 Å². The standard InChI is InChI=1S/C13H16FNO2/c1-17-10-2-9-15-13(16)8-5-11-3-6-12(14)7-4-11/h3-8H,2,9-10H2,1H3,(H,15,16). The van der Waals surface area contributed by atoms with E-state index in [1.165, 1.54) is 18.2 Å². The normalized spacial score (nSPS) is 10.7. The number of amides is 1. The van der Waals surface area contributed by atoms with Gasteiger partial charge in [-0.1, -0.05) is 12.1 Å². The number of ether oxygens (including phenoxy) is 1. The molecular formula is C13H16FNO2. The molecule has 1 aromatic carbocycles. The van der Waals surface area contributed by atoms with Crippen molar-refractivity contribution in [3.8, 4) is 0 Å². The second-order valence-electron chi connectivity index (χ2n) is 3.52. The van der Waals surface area contributed by atoms with Gasteiger partial charge in [-0.05, 0) is 30.2 Å². The minimum atomic E-state index is -0.286. The van der Waals surface area contributed by atoms with E-state index in [9.17, 15) is 9.18 Å². The first-order valence-electron chi connectivity index (χ1n) is 5.43. The number of benzene rings is 1. The Morgan fingerprint density at radius 1 is 1.41 bits per heavy atom. The lowest BCUT2D eigenvalue weighted by molar-refractivity contribution is -0.116. The molecule has 0 radical (unpaired) electrons. The van der Waals surface area contributed by atoms with Gasteiger partial charge in [0, 0.05) is 26.3 Å². The summed E-state index contributed by atoms with van der Waals surface area (Å²) in [4.78, 5) is 11.3. The molecule has 92 valence electrons. The van der Waals surface area contributed by atoms with Crippen molar-refractivity contribution in [2.45, 2.75) is 6.42 Å². The molecule has 0 saturated carbocycles. The van der Waals surface area contributed by atoms with Crippen LogP contribution in [0.2, 0.25) is 0 Å². The highest BCUT2D eigenvalue weighted by Gasteiger charge is 1.94. The van der Waals surface area contributed by atoms with Crippen molar-refractivity contribution in [1.29, 1.82) is 0 Å². The molecule has 0 atom stereocenters. The monoisotopic (exact) mass is 237 g/mol. The van der Waals surface area contributed by atoms with Crippen LogP contribution in [0.3, 0.4) is 0 Å². The lowest BCUT2D eigenvalue weighted by Crippen LogP contribution is -2.22. The van der Waals surface area contributed by atoms with Crippen molar-refractivity contribution in [3.63, 3.8) is 0 Å². The average Bonchev–Trinajstić information content (AvgIpc) is 2.34. The number of halogens is 1. The van der Waals surface area contributed by atoms with Gasteiger partial charge in [0.05, 0.1) is 0 Å². The molecule has 17 heavy (non-hydrogen) atoms. The van der Waals surface area contributed by atoms with E-state index >= 15 is 0 Å². The maximum Gasteiger partial charge on any atom is 0.244 e. The van der Waals surface area contributed by atoms with Crippen molar-refractivity contribution in [1.82, 2.24) is 5.32 Å². The maximum absolute atomic E-state index is 12.6. The van der Waals surface area contributed by atoms with Crippen LogP contribution in [0.5, 0.6) is 0 Å². The van der Waals surface area contributed by atoms with E-state index in [-0.39, 0.29) is 11.7 Å². The van der Waals surface area contributed by atoms with Crippen LogP contribution in [0.25, 0.3) is 6.08 Å². The van der Waals surface area contributed by atoms with Gasteiger partial charge in [0.2, 0.25) is 5.91 Å². The molecule has 1 N–H and O–H groups in total. The molecule has 0 spiro atoms. The summed E-state index contributed by atoms with van der Waals surface area (Å²) < 4.78 is 17.5. The van der Waals surface area contributed by atoms with Crippen molar-refractivity contribution in [2.24, 2.45) is 0 Å². The lowest BCUT2D eigenvalue weighted by Gasteiger charge is -2.00. The van der Waals surface area contributed by atoms with E-state index in [0.29, 0.717) is 13.2 Å². The second kappa shape index (κ2) is 7.57. The summed E-state index contributed by atoms with van der Waals surface area (Å²) in [6, 6.07) is 5.94. The van der Waals surface area contributed by atoms with Gasteiger partial charge in [-0.15, -0.1) is 0 Å². The van der Waals surface area contributed by atoms with Crippen LogP contribution < -0.4 is 5.32 Å². The van der Waals surface area contributed by atoms with Gasteiger partial charge < -0.3 is 10.1 Å². The molecule has 0 saturated heterocycles. The molecule has 0 aliphatic rings. The molecule has 0 unspecified atom stereocenters. The van der Waals surface area contributed by atoms with Gasteiger partial charge in [-0.2, -0.15) is 0 Å². The first-order chi connectivity index (χ1) is 8.22. The number of carbonyl (C=O) groups excluding carboxylic acids is 1. The largest absolute Gasteiger partial charge is 0.385 e. The van der Waals surface area contributed by atoms with Gasteiger partial charge in [-0.25, -0.2) is 4.39 Å². The quantitative estimate of drug-likeness (QED) is 0.607. The number of hydrogen-bond acceptors (Lipinski definition) is 2. The number of methoxy groups -OCH3 is 1. The van der Waals surface area contributed by atoms with Gasteiger partial charge in [-0.3, -0.25) is 4.79 Å². The Balaban J connectivity index is 2.32. The summed E-state index contributed by atoms with van der Waals surface area (Å²) in [5, 5.41) is 2.72. The van der Waals surface area contributed by atoms with Gasteiger partial charge in [0.25, 0.3) is 0 Å². The number of nitrogens with one attached hydrogen (secondary N) is 1.